The van der Waals surface area contributed by atoms with E-state index in [-0.39, 0.29) is 10.6 Å². The fraction of sp³-hybridized carbons (Fsp3) is 0.143. The largest absolute Gasteiger partial charge is 0.497 e. The third kappa shape index (κ3) is 3.49. The molecule has 3 nitrogen and oxygen atoms in total. The van der Waals surface area contributed by atoms with Crippen LogP contribution in [0.25, 0.3) is 0 Å². The number of hydrogen-bond acceptors (Lipinski definition) is 3. The van der Waals surface area contributed by atoms with Crippen LogP contribution in [-0.2, 0) is 15.6 Å². The molecule has 0 atom stereocenters. The summed E-state index contributed by atoms with van der Waals surface area (Å²) in [6.07, 6.45) is 0. The Bertz CT molecular complexity index is 646. The van der Waals surface area contributed by atoms with Gasteiger partial charge in [0.1, 0.15) is 5.75 Å². The van der Waals surface area contributed by atoms with Crippen molar-refractivity contribution in [1.82, 2.24) is 0 Å². The minimum absolute atomic E-state index is 0.0451. The number of benzene rings is 2. The molecule has 2 aromatic carbocycles. The lowest BCUT2D eigenvalue weighted by atomic mass is 10.2. The van der Waals surface area contributed by atoms with E-state index in [1.165, 1.54) is 7.11 Å². The van der Waals surface area contributed by atoms with Crippen molar-refractivity contribution in [2.45, 2.75) is 10.6 Å². The van der Waals surface area contributed by atoms with Crippen molar-refractivity contribution in [2.75, 3.05) is 7.11 Å². The highest BCUT2D eigenvalue weighted by Gasteiger charge is 2.15. The van der Waals surface area contributed by atoms with Gasteiger partial charge in [0.05, 0.1) is 17.8 Å². The maximum atomic E-state index is 12.2. The molecular formula is C14H13ClO3S. The van der Waals surface area contributed by atoms with E-state index in [1.54, 1.807) is 48.5 Å². The molecule has 0 aromatic heterocycles. The van der Waals surface area contributed by atoms with Crippen LogP contribution in [0, 0.1) is 0 Å². The van der Waals surface area contributed by atoms with E-state index < -0.39 is 9.84 Å². The number of halogens is 1. The van der Waals surface area contributed by atoms with Crippen molar-refractivity contribution in [3.63, 3.8) is 0 Å². The summed E-state index contributed by atoms with van der Waals surface area (Å²) in [6.45, 7) is 0. The van der Waals surface area contributed by atoms with Gasteiger partial charge < -0.3 is 4.74 Å². The summed E-state index contributed by atoms with van der Waals surface area (Å²) in [7, 11) is -1.81. The first-order chi connectivity index (χ1) is 9.01. The van der Waals surface area contributed by atoms with Crippen molar-refractivity contribution >= 4 is 21.4 Å². The molecule has 0 saturated heterocycles. The maximum absolute atomic E-state index is 12.2. The molecule has 0 unspecified atom stereocenters. The van der Waals surface area contributed by atoms with Crippen molar-refractivity contribution in [1.29, 1.82) is 0 Å². The second kappa shape index (κ2) is 5.63. The van der Waals surface area contributed by atoms with Crippen LogP contribution in [-0.4, -0.2) is 15.5 Å². The first kappa shape index (κ1) is 13.9. The molecule has 0 amide bonds. The highest BCUT2D eigenvalue weighted by molar-refractivity contribution is 7.90. The molecule has 0 aliphatic rings. The van der Waals surface area contributed by atoms with E-state index in [2.05, 4.69) is 0 Å². The average Bonchev–Trinajstić information content (AvgIpc) is 2.41. The van der Waals surface area contributed by atoms with Crippen molar-refractivity contribution in [3.8, 4) is 5.75 Å². The van der Waals surface area contributed by atoms with Crippen LogP contribution in [0.5, 0.6) is 5.75 Å². The second-order valence-corrected chi connectivity index (χ2v) is 6.49. The van der Waals surface area contributed by atoms with Gasteiger partial charge in [0.15, 0.2) is 9.84 Å². The SMILES string of the molecule is COc1ccc(S(=O)(=O)Cc2ccc(Cl)cc2)cc1. The monoisotopic (exact) mass is 296 g/mol. The summed E-state index contributed by atoms with van der Waals surface area (Å²) in [5.74, 6) is 0.585. The zero-order chi connectivity index (χ0) is 13.9. The molecule has 0 radical (unpaired) electrons. The molecule has 0 aliphatic carbocycles. The fourth-order valence-electron chi connectivity index (χ4n) is 1.67. The van der Waals surface area contributed by atoms with Gasteiger partial charge in [-0.2, -0.15) is 0 Å². The molecule has 0 heterocycles. The van der Waals surface area contributed by atoms with Gasteiger partial charge in [-0.1, -0.05) is 23.7 Å². The maximum Gasteiger partial charge on any atom is 0.182 e. The number of methoxy groups -OCH3 is 1. The van der Waals surface area contributed by atoms with Crippen molar-refractivity contribution < 1.29 is 13.2 Å². The molecule has 2 rings (SSSR count). The van der Waals surface area contributed by atoms with Crippen LogP contribution in [0.2, 0.25) is 5.02 Å². The third-order valence-electron chi connectivity index (χ3n) is 2.69. The van der Waals surface area contributed by atoms with Crippen molar-refractivity contribution in [2.24, 2.45) is 0 Å². The molecule has 0 bridgehead atoms. The summed E-state index contributed by atoms with van der Waals surface area (Å²) in [4.78, 5) is 0.281. The number of rotatable bonds is 4. The molecule has 0 fully saturated rings. The van der Waals surface area contributed by atoms with Gasteiger partial charge in [-0.3, -0.25) is 0 Å². The highest BCUT2D eigenvalue weighted by atomic mass is 35.5. The summed E-state index contributed by atoms with van der Waals surface area (Å²) in [6, 6.07) is 13.1. The van der Waals surface area contributed by atoms with Gasteiger partial charge >= 0.3 is 0 Å². The van der Waals surface area contributed by atoms with Crippen LogP contribution in [0.4, 0.5) is 0 Å². The Labute approximate surface area is 117 Å². The number of sulfone groups is 1. The van der Waals surface area contributed by atoms with Crippen molar-refractivity contribution in [3.05, 3.63) is 59.1 Å². The summed E-state index contributed by atoms with van der Waals surface area (Å²) in [5, 5.41) is 0.589. The summed E-state index contributed by atoms with van der Waals surface area (Å²) < 4.78 is 29.4. The molecule has 2 aromatic rings. The lowest BCUT2D eigenvalue weighted by molar-refractivity contribution is 0.414. The Balaban J connectivity index is 2.24. The Morgan fingerprint density at radius 2 is 1.58 bits per heavy atom. The number of hydrogen-bond donors (Lipinski definition) is 0. The average molecular weight is 297 g/mol. The molecule has 0 spiro atoms. The predicted octanol–water partition coefficient (Wildman–Crippen LogP) is 3.32. The van der Waals surface area contributed by atoms with E-state index in [9.17, 15) is 8.42 Å². The van der Waals surface area contributed by atoms with Crippen LogP contribution in [0.3, 0.4) is 0 Å². The normalized spacial score (nSPS) is 11.3. The minimum Gasteiger partial charge on any atom is -0.497 e. The molecular weight excluding hydrogens is 284 g/mol. The van der Waals surface area contributed by atoms with Gasteiger partial charge in [-0.25, -0.2) is 8.42 Å². The predicted molar refractivity (Wildman–Crippen MR) is 75.3 cm³/mol. The van der Waals surface area contributed by atoms with E-state index in [0.717, 1.165) is 0 Å². The molecule has 0 N–H and O–H groups in total. The molecule has 0 saturated carbocycles. The Hall–Kier alpha value is -1.52. The molecule has 5 heteroatoms. The first-order valence-corrected chi connectivity index (χ1v) is 7.65. The van der Waals surface area contributed by atoms with E-state index in [0.29, 0.717) is 16.3 Å². The molecule has 100 valence electrons. The Morgan fingerprint density at radius 1 is 1.00 bits per heavy atom. The van der Waals surface area contributed by atoms with Gasteiger partial charge in [-0.05, 0) is 42.0 Å². The van der Waals surface area contributed by atoms with Gasteiger partial charge in [0.2, 0.25) is 0 Å². The highest BCUT2D eigenvalue weighted by Crippen LogP contribution is 2.20. The first-order valence-electron chi connectivity index (χ1n) is 5.62. The fourth-order valence-corrected chi connectivity index (χ4v) is 3.14. The Morgan fingerprint density at radius 3 is 2.11 bits per heavy atom. The van der Waals surface area contributed by atoms with Crippen LogP contribution in [0.1, 0.15) is 5.56 Å². The quantitative estimate of drug-likeness (QED) is 0.869. The summed E-state index contributed by atoms with van der Waals surface area (Å²) >= 11 is 5.77. The third-order valence-corrected chi connectivity index (χ3v) is 4.64. The van der Waals surface area contributed by atoms with Crippen LogP contribution < -0.4 is 4.74 Å². The van der Waals surface area contributed by atoms with E-state index in [4.69, 9.17) is 16.3 Å². The lowest BCUT2D eigenvalue weighted by Crippen LogP contribution is -2.04. The van der Waals surface area contributed by atoms with Crippen LogP contribution >= 0.6 is 11.6 Å². The standard InChI is InChI=1S/C14H13ClO3S/c1-18-13-6-8-14(9-7-13)19(16,17)10-11-2-4-12(15)5-3-11/h2-9H,10H2,1H3. The smallest absolute Gasteiger partial charge is 0.182 e. The molecule has 0 aliphatic heterocycles. The minimum atomic E-state index is -3.35. The van der Waals surface area contributed by atoms with Crippen LogP contribution in [0.15, 0.2) is 53.4 Å². The topological polar surface area (TPSA) is 43.4 Å². The summed E-state index contributed by atoms with van der Waals surface area (Å²) in [5.41, 5.74) is 0.709. The Kier molecular flexibility index (Phi) is 4.12. The zero-order valence-electron chi connectivity index (χ0n) is 10.3. The van der Waals surface area contributed by atoms with E-state index in [1.807, 2.05) is 0 Å². The number of ether oxygens (including phenoxy) is 1. The lowest BCUT2D eigenvalue weighted by Gasteiger charge is -2.06. The van der Waals surface area contributed by atoms with Gasteiger partial charge in [0.25, 0.3) is 0 Å². The van der Waals surface area contributed by atoms with E-state index >= 15 is 0 Å². The zero-order valence-corrected chi connectivity index (χ0v) is 11.9. The second-order valence-electron chi connectivity index (χ2n) is 4.06. The van der Waals surface area contributed by atoms with Gasteiger partial charge in [-0.15, -0.1) is 0 Å². The van der Waals surface area contributed by atoms with Gasteiger partial charge in [0, 0.05) is 5.02 Å². The molecule has 19 heavy (non-hydrogen) atoms.